The predicted octanol–water partition coefficient (Wildman–Crippen LogP) is 4.14. The summed E-state index contributed by atoms with van der Waals surface area (Å²) < 4.78 is 1.33. The minimum Gasteiger partial charge on any atom is -0.0613 e. The van der Waals surface area contributed by atoms with Gasteiger partial charge in [-0.2, -0.15) is 0 Å². The van der Waals surface area contributed by atoms with E-state index in [4.69, 9.17) is 0 Å². The summed E-state index contributed by atoms with van der Waals surface area (Å²) in [5.74, 6) is 0. The van der Waals surface area contributed by atoms with Crippen LogP contribution in [0.5, 0.6) is 0 Å². The van der Waals surface area contributed by atoms with Gasteiger partial charge in [0.05, 0.1) is 0 Å². The van der Waals surface area contributed by atoms with Crippen LogP contribution in [0.1, 0.15) is 37.5 Å². The molecule has 0 aliphatic rings. The van der Waals surface area contributed by atoms with Gasteiger partial charge >= 0.3 is 0 Å². The van der Waals surface area contributed by atoms with Crippen molar-refractivity contribution in [3.05, 3.63) is 33.3 Å². The summed E-state index contributed by atoms with van der Waals surface area (Å²) in [7, 11) is 0. The standard InChI is InChI=1S/C12H17Br/c1-4-9-7-8-10(5-2)12(13)11(9)6-3/h7-8H,4-6H2,1-3H3. The molecule has 0 N–H and O–H groups in total. The highest BCUT2D eigenvalue weighted by atomic mass is 79.9. The number of hydrogen-bond acceptors (Lipinski definition) is 0. The van der Waals surface area contributed by atoms with Crippen LogP contribution in [0.2, 0.25) is 0 Å². The molecule has 0 aliphatic heterocycles. The first-order chi connectivity index (χ1) is 6.24. The van der Waals surface area contributed by atoms with Crippen molar-refractivity contribution in [2.75, 3.05) is 0 Å². The lowest BCUT2D eigenvalue weighted by atomic mass is 9.99. The Hall–Kier alpha value is -0.300. The highest BCUT2D eigenvalue weighted by molar-refractivity contribution is 9.10. The fourth-order valence-electron chi connectivity index (χ4n) is 1.70. The van der Waals surface area contributed by atoms with Crippen LogP contribution in [0.15, 0.2) is 16.6 Å². The van der Waals surface area contributed by atoms with E-state index >= 15 is 0 Å². The van der Waals surface area contributed by atoms with Crippen LogP contribution in [0.3, 0.4) is 0 Å². The van der Waals surface area contributed by atoms with Crippen molar-refractivity contribution in [2.45, 2.75) is 40.0 Å². The molecule has 1 rings (SSSR count). The van der Waals surface area contributed by atoms with E-state index in [1.807, 2.05) is 0 Å². The normalized spacial score (nSPS) is 10.5. The van der Waals surface area contributed by atoms with Gasteiger partial charge < -0.3 is 0 Å². The van der Waals surface area contributed by atoms with Crippen molar-refractivity contribution < 1.29 is 0 Å². The molecule has 0 aromatic heterocycles. The molecular weight excluding hydrogens is 224 g/mol. The molecule has 0 saturated heterocycles. The number of rotatable bonds is 3. The summed E-state index contributed by atoms with van der Waals surface area (Å²) in [6.07, 6.45) is 3.36. The highest BCUT2D eigenvalue weighted by Gasteiger charge is 2.06. The Labute approximate surface area is 89.5 Å². The summed E-state index contributed by atoms with van der Waals surface area (Å²) in [5, 5.41) is 0. The van der Waals surface area contributed by atoms with Crippen LogP contribution >= 0.6 is 15.9 Å². The molecule has 0 radical (unpaired) electrons. The smallest absolute Gasteiger partial charge is 0.0241 e. The molecule has 0 nitrogen and oxygen atoms in total. The fraction of sp³-hybridized carbons (Fsp3) is 0.500. The molecule has 0 heterocycles. The number of benzene rings is 1. The van der Waals surface area contributed by atoms with Gasteiger partial charge in [0.25, 0.3) is 0 Å². The number of hydrogen-bond donors (Lipinski definition) is 0. The number of aryl methyl sites for hydroxylation is 2. The monoisotopic (exact) mass is 240 g/mol. The first-order valence-electron chi connectivity index (χ1n) is 5.03. The second-order valence-corrected chi connectivity index (χ2v) is 4.03. The zero-order valence-corrected chi connectivity index (χ0v) is 10.2. The van der Waals surface area contributed by atoms with Crippen molar-refractivity contribution in [1.29, 1.82) is 0 Å². The maximum atomic E-state index is 3.69. The Morgan fingerprint density at radius 3 is 1.92 bits per heavy atom. The van der Waals surface area contributed by atoms with E-state index in [1.165, 1.54) is 21.2 Å². The Kier molecular flexibility index (Phi) is 3.98. The third-order valence-electron chi connectivity index (χ3n) is 2.54. The lowest BCUT2D eigenvalue weighted by Crippen LogP contribution is -1.96. The van der Waals surface area contributed by atoms with Crippen molar-refractivity contribution in [1.82, 2.24) is 0 Å². The zero-order chi connectivity index (χ0) is 9.84. The van der Waals surface area contributed by atoms with Gasteiger partial charge in [-0.05, 0) is 36.0 Å². The van der Waals surface area contributed by atoms with Gasteiger partial charge in [-0.15, -0.1) is 0 Å². The minimum absolute atomic E-state index is 1.11. The molecule has 0 bridgehead atoms. The first-order valence-corrected chi connectivity index (χ1v) is 5.82. The molecule has 1 aromatic rings. The van der Waals surface area contributed by atoms with Gasteiger partial charge in [0.2, 0.25) is 0 Å². The van der Waals surface area contributed by atoms with Gasteiger partial charge in [0.15, 0.2) is 0 Å². The predicted molar refractivity (Wildman–Crippen MR) is 62.3 cm³/mol. The summed E-state index contributed by atoms with van der Waals surface area (Å²) in [6.45, 7) is 6.64. The maximum Gasteiger partial charge on any atom is 0.0241 e. The van der Waals surface area contributed by atoms with Crippen LogP contribution in [0.4, 0.5) is 0 Å². The Morgan fingerprint density at radius 1 is 0.923 bits per heavy atom. The Bertz CT molecular complexity index is 289. The maximum absolute atomic E-state index is 3.69. The van der Waals surface area contributed by atoms with Crippen molar-refractivity contribution in [3.63, 3.8) is 0 Å². The average Bonchev–Trinajstić information content (AvgIpc) is 2.17. The quantitative estimate of drug-likeness (QED) is 0.746. The molecule has 0 unspecified atom stereocenters. The second kappa shape index (κ2) is 4.80. The van der Waals surface area contributed by atoms with Crippen molar-refractivity contribution >= 4 is 15.9 Å². The molecule has 0 atom stereocenters. The molecule has 0 spiro atoms. The van der Waals surface area contributed by atoms with Crippen LogP contribution < -0.4 is 0 Å². The van der Waals surface area contributed by atoms with Gasteiger partial charge in [0, 0.05) is 4.47 Å². The summed E-state index contributed by atoms with van der Waals surface area (Å²) in [5.41, 5.74) is 4.39. The molecule has 72 valence electrons. The van der Waals surface area contributed by atoms with E-state index in [-0.39, 0.29) is 0 Å². The molecular formula is C12H17Br. The second-order valence-electron chi connectivity index (χ2n) is 3.24. The van der Waals surface area contributed by atoms with Crippen LogP contribution in [0, 0.1) is 0 Å². The summed E-state index contributed by atoms with van der Waals surface area (Å²) in [6, 6.07) is 4.50. The van der Waals surface area contributed by atoms with Gasteiger partial charge in [0.1, 0.15) is 0 Å². The number of halogens is 1. The third-order valence-corrected chi connectivity index (χ3v) is 3.52. The Morgan fingerprint density at radius 2 is 1.46 bits per heavy atom. The molecule has 0 amide bonds. The molecule has 0 saturated carbocycles. The van der Waals surface area contributed by atoms with E-state index in [1.54, 1.807) is 0 Å². The molecule has 0 aliphatic carbocycles. The van der Waals surface area contributed by atoms with Gasteiger partial charge in [-0.25, -0.2) is 0 Å². The highest BCUT2D eigenvalue weighted by Crippen LogP contribution is 2.26. The fourth-order valence-corrected chi connectivity index (χ4v) is 2.64. The van der Waals surface area contributed by atoms with E-state index in [0.29, 0.717) is 0 Å². The molecule has 1 heteroatoms. The van der Waals surface area contributed by atoms with Crippen LogP contribution in [0.25, 0.3) is 0 Å². The molecule has 0 fully saturated rings. The van der Waals surface area contributed by atoms with Crippen molar-refractivity contribution in [3.8, 4) is 0 Å². The largest absolute Gasteiger partial charge is 0.0613 e. The third kappa shape index (κ3) is 2.14. The lowest BCUT2D eigenvalue weighted by molar-refractivity contribution is 1.00. The molecule has 13 heavy (non-hydrogen) atoms. The van der Waals surface area contributed by atoms with E-state index in [9.17, 15) is 0 Å². The topological polar surface area (TPSA) is 0 Å². The summed E-state index contributed by atoms with van der Waals surface area (Å²) >= 11 is 3.69. The van der Waals surface area contributed by atoms with Crippen LogP contribution in [-0.2, 0) is 19.3 Å². The first kappa shape index (κ1) is 10.8. The SMILES string of the molecule is CCc1ccc(CC)c(CC)c1Br. The van der Waals surface area contributed by atoms with E-state index < -0.39 is 0 Å². The van der Waals surface area contributed by atoms with Crippen LogP contribution in [-0.4, -0.2) is 0 Å². The summed E-state index contributed by atoms with van der Waals surface area (Å²) in [4.78, 5) is 0. The molecule has 1 aromatic carbocycles. The lowest BCUT2D eigenvalue weighted by Gasteiger charge is -2.11. The van der Waals surface area contributed by atoms with Crippen molar-refractivity contribution in [2.24, 2.45) is 0 Å². The van der Waals surface area contributed by atoms with Gasteiger partial charge in [-0.3, -0.25) is 0 Å². The van der Waals surface area contributed by atoms with Gasteiger partial charge in [-0.1, -0.05) is 48.8 Å². The average molecular weight is 241 g/mol. The Balaban J connectivity index is 3.23. The minimum atomic E-state index is 1.11. The zero-order valence-electron chi connectivity index (χ0n) is 8.65. The van der Waals surface area contributed by atoms with E-state index in [2.05, 4.69) is 48.8 Å². The van der Waals surface area contributed by atoms with E-state index in [0.717, 1.165) is 19.3 Å².